The number of nitrogens with one attached hydrogen (secondary N) is 2. The Morgan fingerprint density at radius 2 is 1.92 bits per heavy atom. The molecular formula is C20H20BN3O2. The first-order valence-corrected chi connectivity index (χ1v) is 8.63. The number of fused-ring (bicyclic) bond motifs is 3. The van der Waals surface area contributed by atoms with Crippen LogP contribution in [0.15, 0.2) is 36.4 Å². The van der Waals surface area contributed by atoms with Crippen molar-refractivity contribution >= 4 is 24.8 Å². The largest absolute Gasteiger partial charge is 0.493 e. The van der Waals surface area contributed by atoms with Crippen molar-refractivity contribution in [2.45, 2.75) is 19.3 Å². The molecule has 1 aliphatic carbocycles. The molecule has 0 spiro atoms. The van der Waals surface area contributed by atoms with E-state index in [2.05, 4.69) is 28.5 Å². The fraction of sp³-hybridized carbons (Fsp3) is 0.250. The minimum atomic E-state index is 0.238. The van der Waals surface area contributed by atoms with Crippen molar-refractivity contribution in [2.24, 2.45) is 0 Å². The van der Waals surface area contributed by atoms with Gasteiger partial charge in [-0.2, -0.15) is 5.10 Å². The molecule has 6 heteroatoms. The molecule has 26 heavy (non-hydrogen) atoms. The summed E-state index contributed by atoms with van der Waals surface area (Å²) < 4.78 is 11.0. The lowest BCUT2D eigenvalue weighted by Crippen LogP contribution is -2.04. The monoisotopic (exact) mass is 345 g/mol. The minimum Gasteiger partial charge on any atom is -0.493 e. The number of ether oxygens (including phenoxy) is 2. The average Bonchev–Trinajstić information content (AvgIpc) is 3.18. The lowest BCUT2D eigenvalue weighted by molar-refractivity contribution is 0.354. The quantitative estimate of drug-likeness (QED) is 0.695. The smallest absolute Gasteiger partial charge is 0.161 e. The molecule has 5 nitrogen and oxygen atoms in total. The highest BCUT2D eigenvalue weighted by Crippen LogP contribution is 2.51. The number of anilines is 2. The summed E-state index contributed by atoms with van der Waals surface area (Å²) in [6, 6.07) is 11.8. The second-order valence-corrected chi connectivity index (χ2v) is 6.37. The number of rotatable bonds is 5. The molecule has 2 aromatic carbocycles. The fourth-order valence-electron chi connectivity index (χ4n) is 3.72. The van der Waals surface area contributed by atoms with Gasteiger partial charge in [0.05, 0.1) is 19.9 Å². The second kappa shape index (κ2) is 6.44. The second-order valence-electron chi connectivity index (χ2n) is 6.37. The van der Waals surface area contributed by atoms with Crippen molar-refractivity contribution < 1.29 is 9.47 Å². The van der Waals surface area contributed by atoms with Crippen molar-refractivity contribution in [1.82, 2.24) is 10.2 Å². The Kier molecular flexibility index (Phi) is 4.11. The Morgan fingerprint density at radius 3 is 2.62 bits per heavy atom. The van der Waals surface area contributed by atoms with Crippen LogP contribution in [0.25, 0.3) is 11.3 Å². The molecule has 2 N–H and O–H groups in total. The molecule has 3 aromatic rings. The summed E-state index contributed by atoms with van der Waals surface area (Å²) in [5, 5.41) is 11.1. The van der Waals surface area contributed by atoms with Gasteiger partial charge in [0.1, 0.15) is 7.85 Å². The van der Waals surface area contributed by atoms with Crippen LogP contribution in [0, 0.1) is 0 Å². The highest BCUT2D eigenvalue weighted by molar-refractivity contribution is 6.32. The first kappa shape index (κ1) is 16.6. The lowest BCUT2D eigenvalue weighted by atomic mass is 9.94. The number of H-pyrrole nitrogens is 1. The van der Waals surface area contributed by atoms with Gasteiger partial charge in [0.2, 0.25) is 0 Å². The van der Waals surface area contributed by atoms with Crippen LogP contribution in [0.1, 0.15) is 30.4 Å². The first-order chi connectivity index (χ1) is 12.7. The summed E-state index contributed by atoms with van der Waals surface area (Å²) in [5.41, 5.74) is 6.16. The number of hydrogen-bond acceptors (Lipinski definition) is 4. The molecule has 0 unspecified atom stereocenters. The molecule has 130 valence electrons. The average molecular weight is 345 g/mol. The Morgan fingerprint density at radius 1 is 1.15 bits per heavy atom. The van der Waals surface area contributed by atoms with Crippen LogP contribution in [-0.2, 0) is 0 Å². The maximum Gasteiger partial charge on any atom is 0.161 e. The van der Waals surface area contributed by atoms with Crippen molar-refractivity contribution in [3.8, 4) is 22.8 Å². The highest BCUT2D eigenvalue weighted by atomic mass is 16.5. The topological polar surface area (TPSA) is 59.2 Å². The van der Waals surface area contributed by atoms with Crippen LogP contribution in [0.3, 0.4) is 0 Å². The number of aromatic amines is 1. The normalized spacial score (nSPS) is 14.7. The van der Waals surface area contributed by atoms with Crippen molar-refractivity contribution in [3.63, 3.8) is 0 Å². The summed E-state index contributed by atoms with van der Waals surface area (Å²) in [6.45, 7) is 2.18. The van der Waals surface area contributed by atoms with E-state index in [1.54, 1.807) is 14.2 Å². The van der Waals surface area contributed by atoms with Gasteiger partial charge < -0.3 is 14.8 Å². The minimum absolute atomic E-state index is 0.238. The zero-order valence-corrected chi connectivity index (χ0v) is 15.1. The summed E-state index contributed by atoms with van der Waals surface area (Å²) in [5.74, 6) is 2.52. The van der Waals surface area contributed by atoms with Crippen LogP contribution in [0.4, 0.5) is 11.5 Å². The predicted molar refractivity (Wildman–Crippen MR) is 104 cm³/mol. The van der Waals surface area contributed by atoms with Gasteiger partial charge in [0.25, 0.3) is 0 Å². The number of nitrogens with zero attached hydrogens (tertiary/aromatic N) is 1. The van der Waals surface area contributed by atoms with E-state index in [0.717, 1.165) is 34.9 Å². The molecule has 1 aliphatic rings. The lowest BCUT2D eigenvalue weighted by Gasteiger charge is -2.15. The maximum absolute atomic E-state index is 5.89. The summed E-state index contributed by atoms with van der Waals surface area (Å²) in [4.78, 5) is 0. The van der Waals surface area contributed by atoms with E-state index in [0.29, 0.717) is 11.2 Å². The Labute approximate surface area is 154 Å². The van der Waals surface area contributed by atoms with E-state index in [1.165, 1.54) is 11.1 Å². The number of benzene rings is 2. The van der Waals surface area contributed by atoms with Gasteiger partial charge in [-0.1, -0.05) is 24.5 Å². The van der Waals surface area contributed by atoms with E-state index >= 15 is 0 Å². The molecule has 0 saturated heterocycles. The third kappa shape index (κ3) is 2.53. The molecule has 1 atom stereocenters. The molecule has 1 heterocycles. The molecule has 0 aliphatic heterocycles. The van der Waals surface area contributed by atoms with E-state index < -0.39 is 0 Å². The van der Waals surface area contributed by atoms with Gasteiger partial charge in [-0.25, -0.2) is 0 Å². The summed E-state index contributed by atoms with van der Waals surface area (Å²) >= 11 is 0. The van der Waals surface area contributed by atoms with E-state index in [1.807, 2.05) is 30.3 Å². The number of aromatic nitrogens is 2. The molecule has 4 rings (SSSR count). The van der Waals surface area contributed by atoms with Crippen LogP contribution in [-0.4, -0.2) is 32.3 Å². The van der Waals surface area contributed by atoms with E-state index in [4.69, 9.17) is 17.3 Å². The molecule has 0 fully saturated rings. The summed E-state index contributed by atoms with van der Waals surface area (Å²) in [7, 11) is 9.20. The molecule has 0 saturated carbocycles. The fourth-order valence-corrected chi connectivity index (χ4v) is 3.72. The maximum atomic E-state index is 5.89. The number of hydrogen-bond donors (Lipinski definition) is 2. The van der Waals surface area contributed by atoms with Crippen molar-refractivity contribution in [2.75, 3.05) is 19.5 Å². The van der Waals surface area contributed by atoms with Crippen LogP contribution in [0.2, 0.25) is 0 Å². The van der Waals surface area contributed by atoms with E-state index in [-0.39, 0.29) is 5.92 Å². The predicted octanol–water partition coefficient (Wildman–Crippen LogP) is 3.49. The molecule has 0 amide bonds. The molecule has 1 aromatic heterocycles. The highest BCUT2D eigenvalue weighted by Gasteiger charge is 2.34. The van der Waals surface area contributed by atoms with Gasteiger partial charge >= 0.3 is 0 Å². The standard InChI is InChI=1S/C20H20BN3O2/c1-4-13-14-9-16(25-2)17(26-3)10-15(14)19-18(13)20(24-23-19)22-12-7-5-6-11(21)8-12/h5-10,13H,4H2,1-3H3,(H2,22,23,24)/t13-/m1/s1. The van der Waals surface area contributed by atoms with Gasteiger partial charge in [-0.3, -0.25) is 5.10 Å². The van der Waals surface area contributed by atoms with E-state index in [9.17, 15) is 0 Å². The molecule has 0 bridgehead atoms. The molecule has 2 radical (unpaired) electrons. The van der Waals surface area contributed by atoms with Gasteiger partial charge in [0.15, 0.2) is 17.3 Å². The third-order valence-electron chi connectivity index (χ3n) is 4.91. The van der Waals surface area contributed by atoms with Gasteiger partial charge in [-0.15, -0.1) is 0 Å². The van der Waals surface area contributed by atoms with Crippen LogP contribution in [0.5, 0.6) is 11.5 Å². The molecular weight excluding hydrogens is 325 g/mol. The van der Waals surface area contributed by atoms with Crippen molar-refractivity contribution in [3.05, 3.63) is 47.5 Å². The van der Waals surface area contributed by atoms with Crippen molar-refractivity contribution in [1.29, 1.82) is 0 Å². The third-order valence-corrected chi connectivity index (χ3v) is 4.91. The van der Waals surface area contributed by atoms with Gasteiger partial charge in [0, 0.05) is 22.7 Å². The zero-order chi connectivity index (χ0) is 18.3. The SMILES string of the molecule is [B]c1cccc(Nc2n[nH]c3c2[C@H](CC)c2cc(OC)c(OC)cc2-3)c1. The summed E-state index contributed by atoms with van der Waals surface area (Å²) in [6.07, 6.45) is 0.959. The Hall–Kier alpha value is -2.89. The van der Waals surface area contributed by atoms with Crippen LogP contribution < -0.4 is 20.3 Å². The Balaban J connectivity index is 1.80. The van der Waals surface area contributed by atoms with Crippen LogP contribution >= 0.6 is 0 Å². The first-order valence-electron chi connectivity index (χ1n) is 8.63. The van der Waals surface area contributed by atoms with Gasteiger partial charge in [-0.05, 0) is 36.2 Å². The number of methoxy groups -OCH3 is 2. The Bertz CT molecular complexity index is 968. The zero-order valence-electron chi connectivity index (χ0n) is 15.1.